The van der Waals surface area contributed by atoms with Crippen LogP contribution in [0.1, 0.15) is 25.0 Å². The van der Waals surface area contributed by atoms with Gasteiger partial charge in [0, 0.05) is 30.0 Å². The van der Waals surface area contributed by atoms with Gasteiger partial charge in [0.05, 0.1) is 0 Å². The highest BCUT2D eigenvalue weighted by atomic mass is 16.6. The second kappa shape index (κ2) is 7.13. The predicted molar refractivity (Wildman–Crippen MR) is 108 cm³/mol. The number of aromatic hydroxyl groups is 1. The van der Waals surface area contributed by atoms with Crippen LogP contribution in [-0.4, -0.2) is 22.8 Å². The molecular formula is C23H20O6. The van der Waals surface area contributed by atoms with Crippen LogP contribution in [0.2, 0.25) is 0 Å². The molecule has 2 heterocycles. The molecule has 6 heteroatoms. The number of phenols is 1. The number of benzene rings is 2. The van der Waals surface area contributed by atoms with E-state index in [1.807, 2.05) is 6.07 Å². The Labute approximate surface area is 167 Å². The molecule has 0 aliphatic carbocycles. The summed E-state index contributed by atoms with van der Waals surface area (Å²) < 4.78 is 16.9. The standard InChI is InChI=1S/C23H20O6/c1-23(2,29-22(26)9-5-14-3-7-17(24)8-4-14)20-12-16-11-15-6-10-21(25)28-18(15)13-19(16)27-20/h3-11,13,20,24H,12H2,1-2H3. The van der Waals surface area contributed by atoms with Gasteiger partial charge in [0.15, 0.2) is 0 Å². The van der Waals surface area contributed by atoms with Crippen molar-refractivity contribution in [1.82, 2.24) is 0 Å². The first-order chi connectivity index (χ1) is 13.8. The Morgan fingerprint density at radius 2 is 1.93 bits per heavy atom. The molecule has 0 spiro atoms. The predicted octanol–water partition coefficient (Wildman–Crippen LogP) is 3.84. The fourth-order valence-corrected chi connectivity index (χ4v) is 3.30. The molecule has 1 unspecified atom stereocenters. The zero-order valence-corrected chi connectivity index (χ0v) is 16.0. The first-order valence-corrected chi connectivity index (χ1v) is 9.24. The lowest BCUT2D eigenvalue weighted by molar-refractivity contribution is -0.158. The van der Waals surface area contributed by atoms with E-state index in [-0.39, 0.29) is 11.9 Å². The molecule has 0 bridgehead atoms. The SMILES string of the molecule is CC(C)(OC(=O)C=Cc1ccc(O)cc1)C1Cc2cc3ccc(=O)oc3cc2O1. The highest BCUT2D eigenvalue weighted by Gasteiger charge is 2.39. The fraction of sp³-hybridized carbons (Fsp3) is 0.217. The number of hydrogen-bond acceptors (Lipinski definition) is 6. The summed E-state index contributed by atoms with van der Waals surface area (Å²) in [6, 6.07) is 13.2. The van der Waals surface area contributed by atoms with Crippen LogP contribution >= 0.6 is 0 Å². The topological polar surface area (TPSA) is 86.0 Å². The lowest BCUT2D eigenvalue weighted by Crippen LogP contribution is -2.43. The van der Waals surface area contributed by atoms with Crippen LogP contribution in [0.15, 0.2) is 63.8 Å². The minimum absolute atomic E-state index is 0.163. The fourth-order valence-electron chi connectivity index (χ4n) is 3.30. The summed E-state index contributed by atoms with van der Waals surface area (Å²) in [6.45, 7) is 3.60. The van der Waals surface area contributed by atoms with Crippen molar-refractivity contribution in [1.29, 1.82) is 0 Å². The summed E-state index contributed by atoms with van der Waals surface area (Å²) in [5.41, 5.74) is 0.920. The van der Waals surface area contributed by atoms with Gasteiger partial charge in [-0.25, -0.2) is 9.59 Å². The van der Waals surface area contributed by atoms with Crippen molar-refractivity contribution in [3.63, 3.8) is 0 Å². The first kappa shape index (κ1) is 18.8. The lowest BCUT2D eigenvalue weighted by atomic mass is 9.96. The summed E-state index contributed by atoms with van der Waals surface area (Å²) in [6.07, 6.45) is 3.18. The molecular weight excluding hydrogens is 372 g/mol. The minimum atomic E-state index is -0.873. The van der Waals surface area contributed by atoms with Crippen molar-refractivity contribution in [3.05, 3.63) is 76.2 Å². The van der Waals surface area contributed by atoms with E-state index in [2.05, 4.69) is 0 Å². The molecule has 3 aromatic rings. The molecule has 0 amide bonds. The Balaban J connectivity index is 1.47. The molecule has 2 aromatic carbocycles. The van der Waals surface area contributed by atoms with Gasteiger partial charge in [-0.05, 0) is 55.3 Å². The van der Waals surface area contributed by atoms with Crippen LogP contribution in [-0.2, 0) is 16.0 Å². The molecule has 0 saturated heterocycles. The van der Waals surface area contributed by atoms with Crippen LogP contribution in [0.4, 0.5) is 0 Å². The molecule has 1 aliphatic heterocycles. The zero-order valence-electron chi connectivity index (χ0n) is 16.0. The molecule has 1 atom stereocenters. The second-order valence-corrected chi connectivity index (χ2v) is 7.51. The maximum Gasteiger partial charge on any atom is 0.336 e. The number of carbonyl (C=O) groups excluding carboxylic acids is 1. The largest absolute Gasteiger partial charge is 0.508 e. The van der Waals surface area contributed by atoms with E-state index in [1.165, 1.54) is 12.1 Å². The number of ether oxygens (including phenoxy) is 2. The molecule has 6 nitrogen and oxygen atoms in total. The van der Waals surface area contributed by atoms with E-state index in [9.17, 15) is 14.7 Å². The maximum absolute atomic E-state index is 12.3. The Morgan fingerprint density at radius 3 is 2.69 bits per heavy atom. The van der Waals surface area contributed by atoms with Gasteiger partial charge >= 0.3 is 11.6 Å². The summed E-state index contributed by atoms with van der Waals surface area (Å²) in [5.74, 6) is 0.301. The van der Waals surface area contributed by atoms with Crippen molar-refractivity contribution in [2.24, 2.45) is 0 Å². The number of hydrogen-bond donors (Lipinski definition) is 1. The van der Waals surface area contributed by atoms with E-state index < -0.39 is 17.2 Å². The Hall–Kier alpha value is -3.54. The van der Waals surface area contributed by atoms with E-state index in [1.54, 1.807) is 56.3 Å². The average Bonchev–Trinajstić information content (AvgIpc) is 3.09. The smallest absolute Gasteiger partial charge is 0.336 e. The third kappa shape index (κ3) is 4.01. The summed E-state index contributed by atoms with van der Waals surface area (Å²) in [5, 5.41) is 10.1. The first-order valence-electron chi connectivity index (χ1n) is 9.24. The van der Waals surface area contributed by atoms with Crippen LogP contribution in [0, 0.1) is 0 Å². The van der Waals surface area contributed by atoms with Crippen molar-refractivity contribution >= 4 is 23.0 Å². The van der Waals surface area contributed by atoms with Crippen molar-refractivity contribution in [2.45, 2.75) is 32.0 Å². The van der Waals surface area contributed by atoms with Crippen LogP contribution < -0.4 is 10.4 Å². The van der Waals surface area contributed by atoms with Gasteiger partial charge in [-0.2, -0.15) is 0 Å². The molecule has 1 aliphatic rings. The summed E-state index contributed by atoms with van der Waals surface area (Å²) in [4.78, 5) is 23.7. The molecule has 0 fully saturated rings. The lowest BCUT2D eigenvalue weighted by Gasteiger charge is -2.30. The van der Waals surface area contributed by atoms with Crippen molar-refractivity contribution in [3.8, 4) is 11.5 Å². The molecule has 1 N–H and O–H groups in total. The number of esters is 1. The van der Waals surface area contributed by atoms with E-state index >= 15 is 0 Å². The van der Waals surface area contributed by atoms with Gasteiger partial charge in [0.1, 0.15) is 28.8 Å². The van der Waals surface area contributed by atoms with E-state index in [0.29, 0.717) is 17.8 Å². The van der Waals surface area contributed by atoms with Crippen LogP contribution in [0.25, 0.3) is 17.0 Å². The molecule has 4 rings (SSSR count). The van der Waals surface area contributed by atoms with Gasteiger partial charge in [-0.1, -0.05) is 12.1 Å². The third-order valence-corrected chi connectivity index (χ3v) is 4.92. The minimum Gasteiger partial charge on any atom is -0.508 e. The maximum atomic E-state index is 12.3. The highest BCUT2D eigenvalue weighted by Crippen LogP contribution is 2.37. The third-order valence-electron chi connectivity index (χ3n) is 4.92. The van der Waals surface area contributed by atoms with Gasteiger partial charge in [0.2, 0.25) is 0 Å². The molecule has 0 radical (unpaired) electrons. The number of fused-ring (bicyclic) bond motifs is 2. The van der Waals surface area contributed by atoms with Gasteiger partial charge < -0.3 is 19.0 Å². The van der Waals surface area contributed by atoms with Crippen molar-refractivity contribution in [2.75, 3.05) is 0 Å². The molecule has 1 aromatic heterocycles. The van der Waals surface area contributed by atoms with E-state index in [4.69, 9.17) is 13.9 Å². The summed E-state index contributed by atoms with van der Waals surface area (Å²) >= 11 is 0. The highest BCUT2D eigenvalue weighted by molar-refractivity contribution is 5.87. The average molecular weight is 392 g/mol. The molecule has 148 valence electrons. The van der Waals surface area contributed by atoms with Gasteiger partial charge in [0.25, 0.3) is 0 Å². The zero-order chi connectivity index (χ0) is 20.6. The Kier molecular flexibility index (Phi) is 4.62. The monoisotopic (exact) mass is 392 g/mol. The summed E-state index contributed by atoms with van der Waals surface area (Å²) in [7, 11) is 0. The Morgan fingerprint density at radius 1 is 1.17 bits per heavy atom. The van der Waals surface area contributed by atoms with Gasteiger partial charge in [-0.3, -0.25) is 0 Å². The van der Waals surface area contributed by atoms with Crippen LogP contribution in [0.3, 0.4) is 0 Å². The van der Waals surface area contributed by atoms with E-state index in [0.717, 1.165) is 16.5 Å². The van der Waals surface area contributed by atoms with Gasteiger partial charge in [-0.15, -0.1) is 0 Å². The van der Waals surface area contributed by atoms with Crippen LogP contribution in [0.5, 0.6) is 11.5 Å². The number of phenolic OH excluding ortho intramolecular Hbond substituents is 1. The normalized spacial score (nSPS) is 16.0. The molecule has 29 heavy (non-hydrogen) atoms. The number of carbonyl (C=O) groups is 1. The Bertz CT molecular complexity index is 1150. The quantitative estimate of drug-likeness (QED) is 0.412. The van der Waals surface area contributed by atoms with Crippen molar-refractivity contribution < 1.29 is 23.8 Å². The number of rotatable bonds is 4. The molecule has 0 saturated carbocycles. The second-order valence-electron chi connectivity index (χ2n) is 7.51.